The van der Waals surface area contributed by atoms with Gasteiger partial charge in [-0.05, 0) is 11.8 Å². The van der Waals surface area contributed by atoms with E-state index in [1.165, 1.54) is 0 Å². The SMILES string of the molecule is C=CC(C)C(N)/C=C/C(N)C(C)C=C. The van der Waals surface area contributed by atoms with Crippen LogP contribution in [-0.2, 0) is 0 Å². The van der Waals surface area contributed by atoms with E-state index in [1.807, 2.05) is 38.2 Å². The van der Waals surface area contributed by atoms with Gasteiger partial charge in [-0.25, -0.2) is 0 Å². The van der Waals surface area contributed by atoms with Crippen molar-refractivity contribution in [3.63, 3.8) is 0 Å². The second-order valence-corrected chi connectivity index (χ2v) is 3.73. The smallest absolute Gasteiger partial charge is 0.0285 e. The molecule has 0 aliphatic heterocycles. The molecular weight excluding hydrogens is 172 g/mol. The van der Waals surface area contributed by atoms with Crippen LogP contribution in [0.25, 0.3) is 0 Å². The molecule has 0 rings (SSSR count). The second kappa shape index (κ2) is 6.57. The van der Waals surface area contributed by atoms with E-state index in [1.54, 1.807) is 0 Å². The van der Waals surface area contributed by atoms with Crippen molar-refractivity contribution in [1.29, 1.82) is 0 Å². The molecule has 4 N–H and O–H groups in total. The van der Waals surface area contributed by atoms with Crippen molar-refractivity contribution in [2.75, 3.05) is 0 Å². The zero-order valence-electron chi connectivity index (χ0n) is 9.19. The maximum atomic E-state index is 5.88. The van der Waals surface area contributed by atoms with Crippen molar-refractivity contribution in [2.24, 2.45) is 23.3 Å². The molecule has 4 unspecified atom stereocenters. The van der Waals surface area contributed by atoms with Gasteiger partial charge in [-0.2, -0.15) is 0 Å². The maximum absolute atomic E-state index is 5.88. The van der Waals surface area contributed by atoms with Gasteiger partial charge in [0.1, 0.15) is 0 Å². The van der Waals surface area contributed by atoms with Crippen molar-refractivity contribution in [1.82, 2.24) is 0 Å². The molecule has 0 aliphatic carbocycles. The summed E-state index contributed by atoms with van der Waals surface area (Å²) in [6.07, 6.45) is 7.57. The van der Waals surface area contributed by atoms with Crippen LogP contribution in [0.2, 0.25) is 0 Å². The zero-order valence-corrected chi connectivity index (χ0v) is 9.19. The summed E-state index contributed by atoms with van der Waals surface area (Å²) < 4.78 is 0. The lowest BCUT2D eigenvalue weighted by molar-refractivity contribution is 0.606. The second-order valence-electron chi connectivity index (χ2n) is 3.73. The first-order chi connectivity index (χ1) is 6.52. The number of hydrogen-bond donors (Lipinski definition) is 2. The quantitative estimate of drug-likeness (QED) is 0.634. The summed E-state index contributed by atoms with van der Waals surface area (Å²) in [6.45, 7) is 11.5. The molecule has 0 aromatic rings. The molecule has 0 aromatic heterocycles. The van der Waals surface area contributed by atoms with Crippen molar-refractivity contribution in [3.8, 4) is 0 Å². The van der Waals surface area contributed by atoms with Gasteiger partial charge in [0.05, 0.1) is 0 Å². The molecule has 0 spiro atoms. The minimum Gasteiger partial charge on any atom is -0.324 e. The molecule has 80 valence electrons. The summed E-state index contributed by atoms with van der Waals surface area (Å²) in [7, 11) is 0. The van der Waals surface area contributed by atoms with E-state index in [9.17, 15) is 0 Å². The van der Waals surface area contributed by atoms with Crippen LogP contribution in [0, 0.1) is 11.8 Å². The van der Waals surface area contributed by atoms with Crippen molar-refractivity contribution in [2.45, 2.75) is 25.9 Å². The molecule has 4 atom stereocenters. The minimum absolute atomic E-state index is 0.00411. The molecule has 0 aliphatic rings. The number of hydrogen-bond acceptors (Lipinski definition) is 2. The Labute approximate surface area is 87.4 Å². The molecule has 14 heavy (non-hydrogen) atoms. The highest BCUT2D eigenvalue weighted by Gasteiger charge is 2.08. The molecule has 0 bridgehead atoms. The standard InChI is InChI=1S/C12H22N2/c1-5-9(3)11(13)7-8-12(14)10(4)6-2/h5-12H,1-2,13-14H2,3-4H3/b8-7+. The Bertz CT molecular complexity index is 186. The summed E-state index contributed by atoms with van der Waals surface area (Å²) in [4.78, 5) is 0. The van der Waals surface area contributed by atoms with Crippen LogP contribution >= 0.6 is 0 Å². The summed E-state index contributed by atoms with van der Waals surface area (Å²) >= 11 is 0. The maximum Gasteiger partial charge on any atom is 0.0285 e. The summed E-state index contributed by atoms with van der Waals surface area (Å²) in [6, 6.07) is -0.00821. The first-order valence-corrected chi connectivity index (χ1v) is 4.97. The van der Waals surface area contributed by atoms with E-state index in [2.05, 4.69) is 13.2 Å². The molecule has 2 nitrogen and oxygen atoms in total. The van der Waals surface area contributed by atoms with Gasteiger partial charge in [-0.1, -0.05) is 38.2 Å². The van der Waals surface area contributed by atoms with Crippen LogP contribution < -0.4 is 11.5 Å². The average molecular weight is 194 g/mol. The average Bonchev–Trinajstić information content (AvgIpc) is 2.22. The molecule has 0 fully saturated rings. The largest absolute Gasteiger partial charge is 0.324 e. The van der Waals surface area contributed by atoms with Crippen LogP contribution in [-0.4, -0.2) is 12.1 Å². The highest BCUT2D eigenvalue weighted by Crippen LogP contribution is 2.06. The third-order valence-corrected chi connectivity index (χ3v) is 2.51. The lowest BCUT2D eigenvalue weighted by atomic mass is 9.98. The van der Waals surface area contributed by atoms with E-state index < -0.39 is 0 Å². The van der Waals surface area contributed by atoms with Crippen LogP contribution in [0.15, 0.2) is 37.5 Å². The van der Waals surface area contributed by atoms with Crippen molar-refractivity contribution in [3.05, 3.63) is 37.5 Å². The van der Waals surface area contributed by atoms with Crippen LogP contribution in [0.1, 0.15) is 13.8 Å². The van der Waals surface area contributed by atoms with E-state index in [0.29, 0.717) is 0 Å². The molecule has 0 aromatic carbocycles. The topological polar surface area (TPSA) is 52.0 Å². The molecular formula is C12H22N2. The molecule has 0 radical (unpaired) electrons. The lowest BCUT2D eigenvalue weighted by Crippen LogP contribution is -2.28. The van der Waals surface area contributed by atoms with Crippen LogP contribution in [0.4, 0.5) is 0 Å². The first-order valence-electron chi connectivity index (χ1n) is 4.97. The normalized spacial score (nSPS) is 20.0. The van der Waals surface area contributed by atoms with Gasteiger partial charge in [0.25, 0.3) is 0 Å². The Morgan fingerprint density at radius 3 is 1.36 bits per heavy atom. The molecule has 0 saturated heterocycles. The Morgan fingerprint density at radius 1 is 0.857 bits per heavy atom. The number of rotatable bonds is 6. The van der Waals surface area contributed by atoms with Gasteiger partial charge in [0.2, 0.25) is 0 Å². The first kappa shape index (κ1) is 13.1. The Morgan fingerprint density at radius 2 is 1.14 bits per heavy atom. The van der Waals surface area contributed by atoms with E-state index >= 15 is 0 Å². The Balaban J connectivity index is 4.15. The van der Waals surface area contributed by atoms with Gasteiger partial charge >= 0.3 is 0 Å². The predicted molar refractivity (Wildman–Crippen MR) is 63.8 cm³/mol. The molecule has 0 saturated carbocycles. The predicted octanol–water partition coefficient (Wildman–Crippen LogP) is 1.84. The minimum atomic E-state index is -0.00411. The highest BCUT2D eigenvalue weighted by molar-refractivity contribution is 5.05. The zero-order chi connectivity index (χ0) is 11.1. The third-order valence-electron chi connectivity index (χ3n) is 2.51. The third kappa shape index (κ3) is 4.40. The Kier molecular flexibility index (Phi) is 6.17. The van der Waals surface area contributed by atoms with E-state index in [4.69, 9.17) is 11.5 Å². The highest BCUT2D eigenvalue weighted by atomic mass is 14.6. The number of nitrogens with two attached hydrogens (primary N) is 2. The van der Waals surface area contributed by atoms with Gasteiger partial charge in [-0.3, -0.25) is 0 Å². The van der Waals surface area contributed by atoms with Crippen LogP contribution in [0.3, 0.4) is 0 Å². The van der Waals surface area contributed by atoms with Gasteiger partial charge < -0.3 is 11.5 Å². The lowest BCUT2D eigenvalue weighted by Gasteiger charge is -2.15. The van der Waals surface area contributed by atoms with Crippen LogP contribution in [0.5, 0.6) is 0 Å². The molecule has 0 amide bonds. The summed E-state index contributed by atoms with van der Waals surface area (Å²) in [5.41, 5.74) is 11.8. The Hall–Kier alpha value is -0.860. The van der Waals surface area contributed by atoms with E-state index in [-0.39, 0.29) is 23.9 Å². The fourth-order valence-electron chi connectivity index (χ4n) is 0.921. The summed E-state index contributed by atoms with van der Waals surface area (Å²) in [5.74, 6) is 0.551. The van der Waals surface area contributed by atoms with Gasteiger partial charge in [0.15, 0.2) is 0 Å². The van der Waals surface area contributed by atoms with Crippen molar-refractivity contribution >= 4 is 0 Å². The van der Waals surface area contributed by atoms with Crippen molar-refractivity contribution < 1.29 is 0 Å². The van der Waals surface area contributed by atoms with Gasteiger partial charge in [-0.15, -0.1) is 13.2 Å². The summed E-state index contributed by atoms with van der Waals surface area (Å²) in [5, 5.41) is 0. The molecule has 2 heteroatoms. The van der Waals surface area contributed by atoms with Gasteiger partial charge in [0, 0.05) is 12.1 Å². The monoisotopic (exact) mass is 194 g/mol. The fourth-order valence-corrected chi connectivity index (χ4v) is 0.921. The van der Waals surface area contributed by atoms with E-state index in [0.717, 1.165) is 0 Å². The molecule has 0 heterocycles. The fraction of sp³-hybridized carbons (Fsp3) is 0.500.